The number of hydrogen-bond donors (Lipinski definition) is 1. The van der Waals surface area contributed by atoms with Crippen molar-refractivity contribution >= 4 is 29.0 Å². The lowest BCUT2D eigenvalue weighted by molar-refractivity contribution is -0.156. The summed E-state index contributed by atoms with van der Waals surface area (Å²) >= 11 is 4.78. The minimum atomic E-state index is -0.596. The van der Waals surface area contributed by atoms with Gasteiger partial charge < -0.3 is 15.5 Å². The average molecular weight is 309 g/mol. The molecule has 0 saturated carbocycles. The number of thiocarbonyl (C=S) groups is 1. The lowest BCUT2D eigenvalue weighted by Gasteiger charge is -2.33. The van der Waals surface area contributed by atoms with Crippen molar-refractivity contribution in [2.24, 2.45) is 5.73 Å². The van der Waals surface area contributed by atoms with Crippen LogP contribution in [0.4, 0.5) is 4.39 Å². The van der Waals surface area contributed by atoms with E-state index in [0.29, 0.717) is 30.8 Å². The second kappa shape index (κ2) is 6.17. The molecule has 1 aliphatic rings. The van der Waals surface area contributed by atoms with Crippen LogP contribution in [-0.2, 0) is 16.1 Å². The van der Waals surface area contributed by atoms with Crippen LogP contribution in [0.25, 0.3) is 0 Å². The largest absolute Gasteiger partial charge is 0.389 e. The highest BCUT2D eigenvalue weighted by Gasteiger charge is 2.31. The van der Waals surface area contributed by atoms with Gasteiger partial charge in [-0.15, -0.1) is 0 Å². The van der Waals surface area contributed by atoms with Crippen LogP contribution in [-0.4, -0.2) is 46.2 Å². The number of carbonyl (C=O) groups is 2. The molecule has 0 atom stereocenters. The van der Waals surface area contributed by atoms with Crippen molar-refractivity contribution in [3.05, 3.63) is 35.1 Å². The summed E-state index contributed by atoms with van der Waals surface area (Å²) < 4.78 is 14.0. The lowest BCUT2D eigenvalue weighted by Crippen LogP contribution is -2.53. The van der Waals surface area contributed by atoms with Crippen LogP contribution in [0.2, 0.25) is 0 Å². The van der Waals surface area contributed by atoms with Crippen molar-refractivity contribution in [3.63, 3.8) is 0 Å². The Morgan fingerprint density at radius 3 is 2.48 bits per heavy atom. The van der Waals surface area contributed by atoms with Gasteiger partial charge >= 0.3 is 11.8 Å². The maximum absolute atomic E-state index is 14.0. The Labute approximate surface area is 127 Å². The van der Waals surface area contributed by atoms with Gasteiger partial charge in [-0.05, 0) is 13.0 Å². The van der Waals surface area contributed by atoms with Crippen LogP contribution >= 0.6 is 12.2 Å². The molecule has 1 saturated heterocycles. The Kier molecular flexibility index (Phi) is 4.52. The fourth-order valence-electron chi connectivity index (χ4n) is 2.20. The fourth-order valence-corrected chi connectivity index (χ4v) is 2.33. The molecule has 2 amide bonds. The molecule has 0 aromatic heterocycles. The van der Waals surface area contributed by atoms with Gasteiger partial charge in [-0.2, -0.15) is 0 Å². The van der Waals surface area contributed by atoms with Gasteiger partial charge in [-0.3, -0.25) is 9.59 Å². The van der Waals surface area contributed by atoms with E-state index in [0.717, 1.165) is 0 Å². The Morgan fingerprint density at radius 2 is 1.90 bits per heavy atom. The normalized spacial score (nSPS) is 15.5. The highest BCUT2D eigenvalue weighted by Crippen LogP contribution is 2.15. The van der Waals surface area contributed by atoms with Gasteiger partial charge in [0.15, 0.2) is 0 Å². The first-order chi connectivity index (χ1) is 9.93. The summed E-state index contributed by atoms with van der Waals surface area (Å²) in [7, 11) is 0. The summed E-state index contributed by atoms with van der Waals surface area (Å²) in [6.45, 7) is 3.23. The Morgan fingerprint density at radius 1 is 1.29 bits per heavy atom. The van der Waals surface area contributed by atoms with E-state index in [1.165, 1.54) is 21.9 Å². The molecule has 0 aliphatic carbocycles. The van der Waals surface area contributed by atoms with Crippen LogP contribution in [0.5, 0.6) is 0 Å². The molecule has 1 aliphatic heterocycles. The molecule has 1 aromatic carbocycles. The molecule has 0 bridgehead atoms. The quantitative estimate of drug-likeness (QED) is 0.655. The highest BCUT2D eigenvalue weighted by atomic mass is 32.1. The number of likely N-dealkylation sites (N-methyl/N-ethyl adjacent to an activating group) is 1. The third-order valence-electron chi connectivity index (χ3n) is 3.48. The smallest absolute Gasteiger partial charge is 0.312 e. The van der Waals surface area contributed by atoms with E-state index in [9.17, 15) is 14.0 Å². The third-order valence-corrected chi connectivity index (χ3v) is 3.71. The molecule has 0 unspecified atom stereocenters. The lowest BCUT2D eigenvalue weighted by atomic mass is 10.1. The molecule has 2 rings (SSSR count). The van der Waals surface area contributed by atoms with Crippen molar-refractivity contribution in [1.82, 2.24) is 9.80 Å². The number of benzene rings is 1. The summed E-state index contributed by atoms with van der Waals surface area (Å²) in [6.07, 6.45) is 0. The molecule has 21 heavy (non-hydrogen) atoms. The molecule has 1 aromatic rings. The number of carbonyl (C=O) groups excluding carboxylic acids is 2. The van der Waals surface area contributed by atoms with E-state index in [4.69, 9.17) is 18.0 Å². The number of hydrogen-bond acceptors (Lipinski definition) is 3. The molecule has 112 valence electrons. The number of nitrogens with two attached hydrogens (primary N) is 1. The molecule has 1 fully saturated rings. The number of piperazine rings is 1. The van der Waals surface area contributed by atoms with Crippen molar-refractivity contribution in [1.29, 1.82) is 0 Å². The number of nitrogens with zero attached hydrogens (tertiary/aromatic N) is 2. The molecule has 1 heterocycles. The number of rotatable bonds is 4. The van der Waals surface area contributed by atoms with Gasteiger partial charge in [0.1, 0.15) is 10.8 Å². The maximum Gasteiger partial charge on any atom is 0.312 e. The van der Waals surface area contributed by atoms with E-state index >= 15 is 0 Å². The van der Waals surface area contributed by atoms with Crippen molar-refractivity contribution < 1.29 is 14.0 Å². The zero-order valence-corrected chi connectivity index (χ0v) is 12.5. The molecule has 0 radical (unpaired) electrons. The predicted molar refractivity (Wildman–Crippen MR) is 80.0 cm³/mol. The summed E-state index contributed by atoms with van der Waals surface area (Å²) in [6, 6.07) is 4.38. The number of halogens is 1. The van der Waals surface area contributed by atoms with Gasteiger partial charge in [-0.1, -0.05) is 24.4 Å². The van der Waals surface area contributed by atoms with Gasteiger partial charge in [0.2, 0.25) is 0 Å². The van der Waals surface area contributed by atoms with Crippen molar-refractivity contribution in [2.45, 2.75) is 13.5 Å². The van der Waals surface area contributed by atoms with E-state index < -0.39 is 17.6 Å². The highest BCUT2D eigenvalue weighted by molar-refractivity contribution is 7.80. The zero-order valence-electron chi connectivity index (χ0n) is 11.6. The van der Waals surface area contributed by atoms with Crippen LogP contribution < -0.4 is 5.73 Å². The summed E-state index contributed by atoms with van der Waals surface area (Å²) in [5.74, 6) is -1.62. The Balaban J connectivity index is 2.14. The van der Waals surface area contributed by atoms with Crippen LogP contribution in [0, 0.1) is 5.82 Å². The molecule has 2 N–H and O–H groups in total. The molecule has 7 heteroatoms. The van der Waals surface area contributed by atoms with E-state index in [1.54, 1.807) is 6.07 Å². The van der Waals surface area contributed by atoms with Gasteiger partial charge in [0, 0.05) is 37.3 Å². The first-order valence-electron chi connectivity index (χ1n) is 6.60. The Hall–Kier alpha value is -2.02. The second-order valence-corrected chi connectivity index (χ2v) is 5.22. The standard InChI is InChI=1S/C14H16FN3O2S/c1-2-17-5-6-18(14(20)13(17)19)8-10-4-3-9(12(16)21)7-11(10)15/h3-4,7H,2,5-6,8H2,1H3,(H2,16,21). The van der Waals surface area contributed by atoms with Crippen LogP contribution in [0.15, 0.2) is 18.2 Å². The fraction of sp³-hybridized carbons (Fsp3) is 0.357. The van der Waals surface area contributed by atoms with E-state index in [-0.39, 0.29) is 11.5 Å². The van der Waals surface area contributed by atoms with Gasteiger partial charge in [0.05, 0.1) is 0 Å². The molecule has 5 nitrogen and oxygen atoms in total. The SMILES string of the molecule is CCN1CCN(Cc2ccc(C(N)=S)cc2F)C(=O)C1=O. The van der Waals surface area contributed by atoms with Crippen molar-refractivity contribution in [2.75, 3.05) is 19.6 Å². The summed E-state index contributed by atoms with van der Waals surface area (Å²) in [5, 5.41) is 0. The summed E-state index contributed by atoms with van der Waals surface area (Å²) in [4.78, 5) is 26.7. The van der Waals surface area contributed by atoms with E-state index in [1.807, 2.05) is 6.92 Å². The minimum Gasteiger partial charge on any atom is -0.389 e. The summed E-state index contributed by atoms with van der Waals surface area (Å²) in [5.41, 5.74) is 6.21. The molecular weight excluding hydrogens is 293 g/mol. The first-order valence-corrected chi connectivity index (χ1v) is 7.01. The second-order valence-electron chi connectivity index (χ2n) is 4.78. The number of amides is 2. The minimum absolute atomic E-state index is 0.0611. The van der Waals surface area contributed by atoms with Crippen molar-refractivity contribution in [3.8, 4) is 0 Å². The predicted octanol–water partition coefficient (Wildman–Crippen LogP) is 0.651. The van der Waals surface area contributed by atoms with Crippen LogP contribution in [0.1, 0.15) is 18.1 Å². The van der Waals surface area contributed by atoms with Crippen LogP contribution in [0.3, 0.4) is 0 Å². The topological polar surface area (TPSA) is 66.6 Å². The van der Waals surface area contributed by atoms with Gasteiger partial charge in [-0.25, -0.2) is 4.39 Å². The molecule has 0 spiro atoms. The average Bonchev–Trinajstić information content (AvgIpc) is 2.45. The van der Waals surface area contributed by atoms with Gasteiger partial charge in [0.25, 0.3) is 0 Å². The Bertz CT molecular complexity index is 606. The molecular formula is C14H16FN3O2S. The first kappa shape index (κ1) is 15.4. The third kappa shape index (κ3) is 3.18. The monoisotopic (exact) mass is 309 g/mol. The van der Waals surface area contributed by atoms with E-state index in [2.05, 4.69) is 0 Å². The maximum atomic E-state index is 14.0. The zero-order chi connectivity index (χ0) is 15.6.